The first kappa shape index (κ1) is 10.4. The Balaban J connectivity index is 2.32. The molecule has 0 atom stereocenters. The zero-order valence-corrected chi connectivity index (χ0v) is 7.96. The molecule has 4 nitrogen and oxygen atoms in total. The van der Waals surface area contributed by atoms with Gasteiger partial charge in [0, 0.05) is 19.3 Å². The predicted octanol–water partition coefficient (Wildman–Crippen LogP) is 0.602. The van der Waals surface area contributed by atoms with Crippen molar-refractivity contribution in [2.24, 2.45) is 0 Å². The number of hydrogen-bond acceptors (Lipinski definition) is 4. The molecule has 0 saturated carbocycles. The van der Waals surface area contributed by atoms with Crippen LogP contribution in [0.15, 0.2) is 12.5 Å². The maximum Gasteiger partial charge on any atom is 0.115 e. The molecule has 0 saturated heterocycles. The Morgan fingerprint density at radius 3 is 3.08 bits per heavy atom. The van der Waals surface area contributed by atoms with Crippen molar-refractivity contribution < 1.29 is 5.11 Å². The molecule has 0 aliphatic heterocycles. The van der Waals surface area contributed by atoms with Gasteiger partial charge in [0.05, 0.1) is 10.7 Å². The average molecular weight is 202 g/mol. The summed E-state index contributed by atoms with van der Waals surface area (Å²) in [5.74, 6) is 0. The van der Waals surface area contributed by atoms with E-state index in [0.717, 1.165) is 18.7 Å². The van der Waals surface area contributed by atoms with Gasteiger partial charge in [0.15, 0.2) is 0 Å². The molecule has 0 radical (unpaired) electrons. The summed E-state index contributed by atoms with van der Waals surface area (Å²) in [7, 11) is 0. The lowest BCUT2D eigenvalue weighted by atomic mass is 10.4. The van der Waals surface area contributed by atoms with Crippen molar-refractivity contribution in [3.05, 3.63) is 23.2 Å². The summed E-state index contributed by atoms with van der Waals surface area (Å²) in [6.07, 6.45) is 3.77. The van der Waals surface area contributed by atoms with Crippen LogP contribution in [0.5, 0.6) is 0 Å². The third kappa shape index (κ3) is 3.67. The number of aliphatic hydroxyl groups excluding tert-OH is 1. The van der Waals surface area contributed by atoms with Crippen LogP contribution in [0, 0.1) is 0 Å². The Morgan fingerprint density at radius 2 is 2.38 bits per heavy atom. The summed E-state index contributed by atoms with van der Waals surface area (Å²) in [6, 6.07) is 0. The molecule has 5 heteroatoms. The van der Waals surface area contributed by atoms with Gasteiger partial charge in [-0.2, -0.15) is 0 Å². The zero-order chi connectivity index (χ0) is 9.52. The Morgan fingerprint density at radius 1 is 1.54 bits per heavy atom. The minimum Gasteiger partial charge on any atom is -0.396 e. The van der Waals surface area contributed by atoms with Gasteiger partial charge in [0.25, 0.3) is 0 Å². The Kier molecular flexibility index (Phi) is 4.67. The quantitative estimate of drug-likeness (QED) is 0.686. The van der Waals surface area contributed by atoms with Gasteiger partial charge in [0.2, 0.25) is 0 Å². The van der Waals surface area contributed by atoms with Gasteiger partial charge in [-0.15, -0.1) is 0 Å². The van der Waals surface area contributed by atoms with Gasteiger partial charge >= 0.3 is 0 Å². The highest BCUT2D eigenvalue weighted by atomic mass is 35.5. The van der Waals surface area contributed by atoms with Crippen LogP contribution in [0.2, 0.25) is 5.02 Å². The van der Waals surface area contributed by atoms with Gasteiger partial charge in [-0.05, 0) is 13.0 Å². The van der Waals surface area contributed by atoms with E-state index in [1.807, 2.05) is 0 Å². The molecule has 1 aromatic rings. The van der Waals surface area contributed by atoms with Gasteiger partial charge < -0.3 is 10.4 Å². The number of hydrogen-bond donors (Lipinski definition) is 2. The Bertz CT molecular complexity index is 257. The Labute approximate surface area is 82.0 Å². The summed E-state index contributed by atoms with van der Waals surface area (Å²) in [6.45, 7) is 1.57. The largest absolute Gasteiger partial charge is 0.396 e. The number of rotatable bonds is 5. The minimum atomic E-state index is 0.199. The highest BCUT2D eigenvalue weighted by Gasteiger charge is 1.99. The van der Waals surface area contributed by atoms with Crippen molar-refractivity contribution in [3.63, 3.8) is 0 Å². The summed E-state index contributed by atoms with van der Waals surface area (Å²) in [5.41, 5.74) is 0.787. The predicted molar refractivity (Wildman–Crippen MR) is 50.5 cm³/mol. The molecule has 2 N–H and O–H groups in total. The third-order valence-electron chi connectivity index (χ3n) is 1.55. The molecule has 72 valence electrons. The fraction of sp³-hybridized carbons (Fsp3) is 0.500. The van der Waals surface area contributed by atoms with Crippen LogP contribution in [0.25, 0.3) is 0 Å². The van der Waals surface area contributed by atoms with Crippen LogP contribution >= 0.6 is 11.6 Å². The van der Waals surface area contributed by atoms with E-state index in [1.165, 1.54) is 6.33 Å². The second kappa shape index (κ2) is 5.85. The maximum atomic E-state index is 8.53. The first-order chi connectivity index (χ1) is 6.34. The summed E-state index contributed by atoms with van der Waals surface area (Å²) in [4.78, 5) is 7.79. The van der Waals surface area contributed by atoms with Crippen molar-refractivity contribution in [1.29, 1.82) is 0 Å². The monoisotopic (exact) mass is 201 g/mol. The molecule has 0 aliphatic rings. The van der Waals surface area contributed by atoms with Crippen molar-refractivity contribution in [1.82, 2.24) is 15.3 Å². The van der Waals surface area contributed by atoms with E-state index >= 15 is 0 Å². The van der Waals surface area contributed by atoms with Gasteiger partial charge in [-0.1, -0.05) is 11.6 Å². The lowest BCUT2D eigenvalue weighted by Crippen LogP contribution is -2.16. The third-order valence-corrected chi connectivity index (χ3v) is 1.86. The lowest BCUT2D eigenvalue weighted by molar-refractivity contribution is 0.286. The van der Waals surface area contributed by atoms with Gasteiger partial charge in [0.1, 0.15) is 6.33 Å². The van der Waals surface area contributed by atoms with Crippen molar-refractivity contribution >= 4 is 11.6 Å². The molecule has 0 aliphatic carbocycles. The van der Waals surface area contributed by atoms with Gasteiger partial charge in [-0.25, -0.2) is 9.97 Å². The fourth-order valence-corrected chi connectivity index (χ4v) is 1.05. The topological polar surface area (TPSA) is 58.0 Å². The smallest absolute Gasteiger partial charge is 0.115 e. The van der Waals surface area contributed by atoms with E-state index in [2.05, 4.69) is 15.3 Å². The highest BCUT2D eigenvalue weighted by molar-refractivity contribution is 6.31. The van der Waals surface area contributed by atoms with Crippen LogP contribution in [0.1, 0.15) is 12.1 Å². The molecule has 1 rings (SSSR count). The molecule has 1 heterocycles. The molecule has 0 aromatic carbocycles. The molecule has 0 unspecified atom stereocenters. The van der Waals surface area contributed by atoms with Crippen LogP contribution in [0.3, 0.4) is 0 Å². The van der Waals surface area contributed by atoms with E-state index in [-0.39, 0.29) is 6.61 Å². The summed E-state index contributed by atoms with van der Waals surface area (Å²) >= 11 is 5.82. The van der Waals surface area contributed by atoms with Crippen molar-refractivity contribution in [2.75, 3.05) is 13.2 Å². The SMILES string of the molecule is OCCCNCc1ncncc1Cl. The number of nitrogens with zero attached hydrogens (tertiary/aromatic N) is 2. The highest BCUT2D eigenvalue weighted by Crippen LogP contribution is 2.09. The zero-order valence-electron chi connectivity index (χ0n) is 7.20. The normalized spacial score (nSPS) is 10.3. The van der Waals surface area contributed by atoms with Crippen molar-refractivity contribution in [3.8, 4) is 0 Å². The number of halogens is 1. The number of aromatic nitrogens is 2. The van der Waals surface area contributed by atoms with Crippen LogP contribution < -0.4 is 5.32 Å². The van der Waals surface area contributed by atoms with Gasteiger partial charge in [-0.3, -0.25) is 0 Å². The van der Waals surface area contributed by atoms with E-state index < -0.39 is 0 Å². The van der Waals surface area contributed by atoms with E-state index in [4.69, 9.17) is 16.7 Å². The molecule has 13 heavy (non-hydrogen) atoms. The molecule has 0 spiro atoms. The molecule has 0 bridgehead atoms. The first-order valence-electron chi connectivity index (χ1n) is 4.10. The van der Waals surface area contributed by atoms with Crippen LogP contribution in [-0.4, -0.2) is 28.2 Å². The second-order valence-electron chi connectivity index (χ2n) is 2.57. The summed E-state index contributed by atoms with van der Waals surface area (Å²) < 4.78 is 0. The average Bonchev–Trinajstić information content (AvgIpc) is 2.15. The lowest BCUT2D eigenvalue weighted by Gasteiger charge is -2.03. The van der Waals surface area contributed by atoms with Crippen LogP contribution in [-0.2, 0) is 6.54 Å². The van der Waals surface area contributed by atoms with E-state index in [0.29, 0.717) is 11.6 Å². The molecular weight excluding hydrogens is 190 g/mol. The number of aliphatic hydroxyl groups is 1. The molecule has 1 aromatic heterocycles. The Hall–Kier alpha value is -0.710. The summed E-state index contributed by atoms with van der Waals surface area (Å²) in [5, 5.41) is 12.2. The van der Waals surface area contributed by atoms with Crippen LogP contribution in [0.4, 0.5) is 0 Å². The first-order valence-corrected chi connectivity index (χ1v) is 4.48. The molecular formula is C8H12ClN3O. The molecule has 0 amide bonds. The minimum absolute atomic E-state index is 0.199. The molecule has 0 fully saturated rings. The van der Waals surface area contributed by atoms with Crippen molar-refractivity contribution in [2.45, 2.75) is 13.0 Å². The van der Waals surface area contributed by atoms with E-state index in [1.54, 1.807) is 6.20 Å². The number of nitrogens with one attached hydrogen (secondary N) is 1. The van der Waals surface area contributed by atoms with E-state index in [9.17, 15) is 0 Å². The maximum absolute atomic E-state index is 8.53. The fourth-order valence-electron chi connectivity index (χ4n) is 0.879. The standard InChI is InChI=1S/C8H12ClN3O/c9-7-4-11-6-12-8(7)5-10-2-1-3-13/h4,6,10,13H,1-3,5H2. The second-order valence-corrected chi connectivity index (χ2v) is 2.98.